The average molecular weight is 179 g/mol. The fraction of sp³-hybridized carbons (Fsp3) is 0.222. The van der Waals surface area contributed by atoms with Crippen LogP contribution in [0.2, 0.25) is 0 Å². The van der Waals surface area contributed by atoms with E-state index in [-0.39, 0.29) is 6.61 Å². The Morgan fingerprint density at radius 2 is 2.38 bits per heavy atom. The first-order valence-electron chi connectivity index (χ1n) is 3.86. The normalized spacial score (nSPS) is 10.6. The molecule has 0 amide bonds. The number of fused-ring (bicyclic) bond motifs is 1. The zero-order chi connectivity index (χ0) is 9.26. The van der Waals surface area contributed by atoms with Crippen LogP contribution in [-0.2, 0) is 6.61 Å². The molecule has 4 nitrogen and oxygen atoms in total. The van der Waals surface area contributed by atoms with E-state index < -0.39 is 0 Å². The minimum Gasteiger partial charge on any atom is -0.494 e. The average Bonchev–Trinajstić information content (AvgIpc) is 2.63. The highest BCUT2D eigenvalue weighted by Gasteiger charge is 2.07. The third-order valence-corrected chi connectivity index (χ3v) is 1.86. The molecule has 0 saturated heterocycles. The molecular weight excluding hydrogens is 170 g/mol. The van der Waals surface area contributed by atoms with Crippen LogP contribution in [-0.4, -0.2) is 17.2 Å². The van der Waals surface area contributed by atoms with E-state index in [9.17, 15) is 0 Å². The lowest BCUT2D eigenvalue weighted by atomic mass is 10.2. The van der Waals surface area contributed by atoms with Crippen LogP contribution in [0, 0.1) is 0 Å². The van der Waals surface area contributed by atoms with E-state index in [1.54, 1.807) is 19.2 Å². The minimum absolute atomic E-state index is 0.0347. The Balaban J connectivity index is 2.70. The molecule has 68 valence electrons. The van der Waals surface area contributed by atoms with Gasteiger partial charge in [-0.2, -0.15) is 0 Å². The molecule has 1 N–H and O–H groups in total. The Morgan fingerprint density at radius 1 is 1.54 bits per heavy atom. The van der Waals surface area contributed by atoms with E-state index in [0.29, 0.717) is 16.8 Å². The molecule has 0 fully saturated rings. The Hall–Kier alpha value is -1.55. The maximum absolute atomic E-state index is 8.94. The summed E-state index contributed by atoms with van der Waals surface area (Å²) in [6.07, 6.45) is 1.36. The van der Waals surface area contributed by atoms with Gasteiger partial charge in [-0.15, -0.1) is 0 Å². The minimum atomic E-state index is -0.0347. The highest BCUT2D eigenvalue weighted by atomic mass is 16.5. The second-order valence-electron chi connectivity index (χ2n) is 2.66. The molecular formula is C9H9NO3. The molecule has 0 radical (unpaired) electrons. The number of aliphatic hydroxyl groups excluding tert-OH is 1. The molecule has 4 heteroatoms. The number of ether oxygens (including phenoxy) is 1. The lowest BCUT2D eigenvalue weighted by Crippen LogP contribution is -1.88. The van der Waals surface area contributed by atoms with E-state index in [2.05, 4.69) is 4.98 Å². The van der Waals surface area contributed by atoms with Crippen molar-refractivity contribution in [3.63, 3.8) is 0 Å². The number of hydrogen-bond acceptors (Lipinski definition) is 4. The summed E-state index contributed by atoms with van der Waals surface area (Å²) in [6.45, 7) is -0.0347. The van der Waals surface area contributed by atoms with Gasteiger partial charge in [-0.1, -0.05) is 0 Å². The van der Waals surface area contributed by atoms with Crippen molar-refractivity contribution in [2.24, 2.45) is 0 Å². The van der Waals surface area contributed by atoms with Crippen molar-refractivity contribution in [1.29, 1.82) is 0 Å². The molecule has 0 aliphatic carbocycles. The number of aliphatic hydroxyl groups is 1. The molecule has 2 rings (SSSR count). The molecule has 0 aliphatic rings. The van der Waals surface area contributed by atoms with Crippen molar-refractivity contribution in [3.8, 4) is 5.75 Å². The van der Waals surface area contributed by atoms with Gasteiger partial charge in [0.05, 0.1) is 13.7 Å². The lowest BCUT2D eigenvalue weighted by Gasteiger charge is -2.01. The molecule has 0 aliphatic heterocycles. The van der Waals surface area contributed by atoms with Gasteiger partial charge in [-0.25, -0.2) is 4.98 Å². The second kappa shape index (κ2) is 3.06. The number of hydrogen-bond donors (Lipinski definition) is 1. The number of nitrogens with zero attached hydrogens (tertiary/aromatic N) is 1. The molecule has 1 aromatic carbocycles. The van der Waals surface area contributed by atoms with Gasteiger partial charge in [-0.3, -0.25) is 0 Å². The molecule has 0 bridgehead atoms. The fourth-order valence-electron chi connectivity index (χ4n) is 1.24. The summed E-state index contributed by atoms with van der Waals surface area (Å²) in [5.41, 5.74) is 2.06. The zero-order valence-corrected chi connectivity index (χ0v) is 7.15. The highest BCUT2D eigenvalue weighted by Crippen LogP contribution is 2.25. The Labute approximate surface area is 74.8 Å². The standard InChI is InChI=1S/C9H9NO3/c1-12-7-2-6(4-11)3-8-9(7)10-5-13-8/h2-3,5,11H,4H2,1H3. The van der Waals surface area contributed by atoms with Crippen LogP contribution in [0.1, 0.15) is 5.56 Å². The maximum Gasteiger partial charge on any atom is 0.182 e. The predicted octanol–water partition coefficient (Wildman–Crippen LogP) is 1.33. The smallest absolute Gasteiger partial charge is 0.182 e. The number of methoxy groups -OCH3 is 1. The van der Waals surface area contributed by atoms with E-state index in [0.717, 1.165) is 5.56 Å². The van der Waals surface area contributed by atoms with Crippen LogP contribution >= 0.6 is 0 Å². The van der Waals surface area contributed by atoms with Crippen LogP contribution in [0.15, 0.2) is 22.9 Å². The number of oxazole rings is 1. The first kappa shape index (κ1) is 8.07. The van der Waals surface area contributed by atoms with Crippen LogP contribution < -0.4 is 4.74 Å². The molecule has 1 aromatic heterocycles. The topological polar surface area (TPSA) is 55.5 Å². The molecule has 0 spiro atoms. The molecule has 13 heavy (non-hydrogen) atoms. The van der Waals surface area contributed by atoms with Crippen molar-refractivity contribution in [3.05, 3.63) is 24.1 Å². The largest absolute Gasteiger partial charge is 0.494 e. The summed E-state index contributed by atoms with van der Waals surface area (Å²) in [7, 11) is 1.56. The van der Waals surface area contributed by atoms with E-state index in [1.165, 1.54) is 6.39 Å². The Bertz CT molecular complexity index is 422. The summed E-state index contributed by atoms with van der Waals surface area (Å²) in [4.78, 5) is 3.99. The van der Waals surface area contributed by atoms with Crippen molar-refractivity contribution in [1.82, 2.24) is 4.98 Å². The number of rotatable bonds is 2. The SMILES string of the molecule is COc1cc(CO)cc2ocnc12. The van der Waals surface area contributed by atoms with Gasteiger partial charge in [0.15, 0.2) is 17.5 Å². The van der Waals surface area contributed by atoms with Gasteiger partial charge in [0.25, 0.3) is 0 Å². The molecule has 2 aromatic rings. The Morgan fingerprint density at radius 3 is 3.08 bits per heavy atom. The van der Waals surface area contributed by atoms with Crippen LogP contribution in [0.5, 0.6) is 5.75 Å². The molecule has 0 unspecified atom stereocenters. The van der Waals surface area contributed by atoms with E-state index in [4.69, 9.17) is 14.3 Å². The molecule has 1 heterocycles. The van der Waals surface area contributed by atoms with Gasteiger partial charge >= 0.3 is 0 Å². The summed E-state index contributed by atoms with van der Waals surface area (Å²) in [6, 6.07) is 3.48. The lowest BCUT2D eigenvalue weighted by molar-refractivity contribution is 0.281. The van der Waals surface area contributed by atoms with Gasteiger partial charge < -0.3 is 14.3 Å². The first-order chi connectivity index (χ1) is 6.35. The summed E-state index contributed by atoms with van der Waals surface area (Å²) >= 11 is 0. The quantitative estimate of drug-likeness (QED) is 0.755. The zero-order valence-electron chi connectivity index (χ0n) is 7.15. The first-order valence-corrected chi connectivity index (χ1v) is 3.86. The van der Waals surface area contributed by atoms with Gasteiger partial charge in [0, 0.05) is 0 Å². The second-order valence-corrected chi connectivity index (χ2v) is 2.66. The van der Waals surface area contributed by atoms with Crippen LogP contribution in [0.4, 0.5) is 0 Å². The third kappa shape index (κ3) is 1.25. The summed E-state index contributed by atoms with van der Waals surface area (Å²) in [5.74, 6) is 0.621. The number of aromatic nitrogens is 1. The molecule has 0 atom stereocenters. The van der Waals surface area contributed by atoms with Crippen LogP contribution in [0.25, 0.3) is 11.1 Å². The Kier molecular flexibility index (Phi) is 1.90. The monoisotopic (exact) mass is 179 g/mol. The maximum atomic E-state index is 8.94. The third-order valence-electron chi connectivity index (χ3n) is 1.86. The van der Waals surface area contributed by atoms with Gasteiger partial charge in [0.2, 0.25) is 0 Å². The van der Waals surface area contributed by atoms with Crippen molar-refractivity contribution >= 4 is 11.1 Å². The highest BCUT2D eigenvalue weighted by molar-refractivity contribution is 5.80. The predicted molar refractivity (Wildman–Crippen MR) is 46.5 cm³/mol. The van der Waals surface area contributed by atoms with Crippen molar-refractivity contribution < 1.29 is 14.3 Å². The fourth-order valence-corrected chi connectivity index (χ4v) is 1.24. The summed E-state index contributed by atoms with van der Waals surface area (Å²) in [5, 5.41) is 8.94. The van der Waals surface area contributed by atoms with E-state index >= 15 is 0 Å². The summed E-state index contributed by atoms with van der Waals surface area (Å²) < 4.78 is 10.2. The molecule has 0 saturated carbocycles. The van der Waals surface area contributed by atoms with Gasteiger partial charge in [0.1, 0.15) is 5.75 Å². The van der Waals surface area contributed by atoms with Gasteiger partial charge in [-0.05, 0) is 17.7 Å². The van der Waals surface area contributed by atoms with Crippen molar-refractivity contribution in [2.75, 3.05) is 7.11 Å². The van der Waals surface area contributed by atoms with Crippen LogP contribution in [0.3, 0.4) is 0 Å². The number of benzene rings is 1. The van der Waals surface area contributed by atoms with Crippen molar-refractivity contribution in [2.45, 2.75) is 6.61 Å². The van der Waals surface area contributed by atoms with E-state index in [1.807, 2.05) is 0 Å².